The summed E-state index contributed by atoms with van der Waals surface area (Å²) in [5.41, 5.74) is 1.85. The molecule has 0 aromatic heterocycles. The van der Waals surface area contributed by atoms with E-state index in [-0.39, 0.29) is 11.2 Å². The standard InChI is InChI=1S/C24H23N3O3S/c1-16-23(28)27(15-19-9-6-8-17-7-4-5-10-21(17)19)24(31-16)26-25-14-18-11-12-20(29-2)13-22(18)30-3/h4-14,16H,15H2,1-3H3/b25-14+,26-24-. The third kappa shape index (κ3) is 4.41. The Kier molecular flexibility index (Phi) is 6.23. The minimum absolute atomic E-state index is 0.0360. The van der Waals surface area contributed by atoms with E-state index in [1.807, 2.05) is 43.3 Å². The number of carbonyl (C=O) groups is 1. The maximum absolute atomic E-state index is 12.8. The van der Waals surface area contributed by atoms with E-state index in [1.54, 1.807) is 31.4 Å². The minimum atomic E-state index is -0.195. The van der Waals surface area contributed by atoms with E-state index in [0.29, 0.717) is 23.2 Å². The van der Waals surface area contributed by atoms with Crippen molar-refractivity contribution < 1.29 is 14.3 Å². The van der Waals surface area contributed by atoms with Gasteiger partial charge < -0.3 is 9.47 Å². The van der Waals surface area contributed by atoms with Crippen LogP contribution in [-0.4, -0.2) is 41.7 Å². The number of thioether (sulfide) groups is 1. The smallest absolute Gasteiger partial charge is 0.242 e. The Morgan fingerprint density at radius 1 is 1.06 bits per heavy atom. The number of carbonyl (C=O) groups excluding carboxylic acids is 1. The Bertz CT molecular complexity index is 1170. The van der Waals surface area contributed by atoms with Gasteiger partial charge in [-0.1, -0.05) is 54.2 Å². The molecule has 6 nitrogen and oxygen atoms in total. The van der Waals surface area contributed by atoms with Crippen LogP contribution in [0.1, 0.15) is 18.1 Å². The molecule has 0 saturated carbocycles. The first kappa shape index (κ1) is 20.9. The molecule has 3 aromatic rings. The van der Waals surface area contributed by atoms with Crippen LogP contribution in [0.5, 0.6) is 11.5 Å². The van der Waals surface area contributed by atoms with Crippen LogP contribution in [0.4, 0.5) is 0 Å². The van der Waals surface area contributed by atoms with Gasteiger partial charge >= 0.3 is 0 Å². The Labute approximate surface area is 185 Å². The number of rotatable bonds is 6. The Balaban J connectivity index is 1.60. The van der Waals surface area contributed by atoms with Gasteiger partial charge in [0.25, 0.3) is 0 Å². The third-order valence-electron chi connectivity index (χ3n) is 5.12. The van der Waals surface area contributed by atoms with Crippen molar-refractivity contribution in [3.05, 3.63) is 71.8 Å². The Hall–Kier alpha value is -3.32. The minimum Gasteiger partial charge on any atom is -0.497 e. The largest absolute Gasteiger partial charge is 0.497 e. The van der Waals surface area contributed by atoms with E-state index in [0.717, 1.165) is 21.9 Å². The van der Waals surface area contributed by atoms with Crippen molar-refractivity contribution in [2.24, 2.45) is 10.2 Å². The first-order chi connectivity index (χ1) is 15.1. The first-order valence-electron chi connectivity index (χ1n) is 9.88. The van der Waals surface area contributed by atoms with Crippen molar-refractivity contribution in [2.75, 3.05) is 14.2 Å². The van der Waals surface area contributed by atoms with Crippen molar-refractivity contribution in [3.63, 3.8) is 0 Å². The maximum atomic E-state index is 12.8. The van der Waals surface area contributed by atoms with E-state index >= 15 is 0 Å². The molecular formula is C24H23N3O3S. The van der Waals surface area contributed by atoms with Gasteiger partial charge in [-0.3, -0.25) is 9.69 Å². The molecule has 1 amide bonds. The van der Waals surface area contributed by atoms with E-state index in [4.69, 9.17) is 9.47 Å². The second kappa shape index (κ2) is 9.22. The second-order valence-corrected chi connectivity index (χ2v) is 8.37. The van der Waals surface area contributed by atoms with Crippen LogP contribution in [-0.2, 0) is 11.3 Å². The zero-order valence-corrected chi connectivity index (χ0v) is 18.4. The molecule has 1 aliphatic heterocycles. The fourth-order valence-electron chi connectivity index (χ4n) is 3.48. The van der Waals surface area contributed by atoms with Crippen molar-refractivity contribution in [3.8, 4) is 11.5 Å². The summed E-state index contributed by atoms with van der Waals surface area (Å²) in [7, 11) is 3.20. The molecule has 3 aromatic carbocycles. The summed E-state index contributed by atoms with van der Waals surface area (Å²) in [6.45, 7) is 2.35. The van der Waals surface area contributed by atoms with E-state index in [2.05, 4.69) is 28.4 Å². The zero-order chi connectivity index (χ0) is 21.8. The average molecular weight is 434 g/mol. The Morgan fingerprint density at radius 3 is 2.68 bits per heavy atom. The number of methoxy groups -OCH3 is 2. The van der Waals surface area contributed by atoms with Crippen LogP contribution in [0.25, 0.3) is 10.8 Å². The number of fused-ring (bicyclic) bond motifs is 1. The predicted molar refractivity (Wildman–Crippen MR) is 126 cm³/mol. The van der Waals surface area contributed by atoms with Gasteiger partial charge in [0.2, 0.25) is 5.91 Å². The topological polar surface area (TPSA) is 63.5 Å². The lowest BCUT2D eigenvalue weighted by molar-refractivity contribution is -0.126. The number of hydrogen-bond donors (Lipinski definition) is 0. The van der Waals surface area contributed by atoms with Crippen LogP contribution >= 0.6 is 11.8 Å². The molecule has 7 heteroatoms. The molecule has 1 aliphatic rings. The zero-order valence-electron chi connectivity index (χ0n) is 17.6. The lowest BCUT2D eigenvalue weighted by Crippen LogP contribution is -2.30. The molecule has 0 radical (unpaired) electrons. The molecule has 1 heterocycles. The number of hydrogen-bond acceptors (Lipinski definition) is 6. The lowest BCUT2D eigenvalue weighted by Gasteiger charge is -2.17. The van der Waals surface area contributed by atoms with Gasteiger partial charge in [-0.2, -0.15) is 5.10 Å². The average Bonchev–Trinajstić information content (AvgIpc) is 3.07. The van der Waals surface area contributed by atoms with Crippen molar-refractivity contribution in [1.29, 1.82) is 0 Å². The number of amidine groups is 1. The SMILES string of the molecule is COc1ccc(/C=N/N=C2\SC(C)C(=O)N2Cc2cccc3ccccc23)c(OC)c1. The summed E-state index contributed by atoms with van der Waals surface area (Å²) in [4.78, 5) is 14.5. The molecule has 1 atom stereocenters. The van der Waals surface area contributed by atoms with Gasteiger partial charge in [0.1, 0.15) is 11.5 Å². The number of benzene rings is 3. The van der Waals surface area contributed by atoms with Gasteiger partial charge in [0, 0.05) is 11.6 Å². The first-order valence-corrected chi connectivity index (χ1v) is 10.8. The van der Waals surface area contributed by atoms with Crippen molar-refractivity contribution in [1.82, 2.24) is 4.90 Å². The van der Waals surface area contributed by atoms with Crippen molar-refractivity contribution >= 4 is 39.8 Å². The van der Waals surface area contributed by atoms with Gasteiger partial charge in [-0.15, -0.1) is 5.10 Å². The highest BCUT2D eigenvalue weighted by Gasteiger charge is 2.35. The molecule has 4 rings (SSSR count). The molecule has 1 unspecified atom stereocenters. The fraction of sp³-hybridized carbons (Fsp3) is 0.208. The van der Waals surface area contributed by atoms with Crippen LogP contribution in [0.15, 0.2) is 70.9 Å². The van der Waals surface area contributed by atoms with E-state index < -0.39 is 0 Å². The summed E-state index contributed by atoms with van der Waals surface area (Å²) >= 11 is 1.42. The lowest BCUT2D eigenvalue weighted by atomic mass is 10.0. The maximum Gasteiger partial charge on any atom is 0.242 e. The highest BCUT2D eigenvalue weighted by molar-refractivity contribution is 8.15. The van der Waals surface area contributed by atoms with E-state index in [1.165, 1.54) is 11.8 Å². The third-order valence-corrected chi connectivity index (χ3v) is 6.18. The fourth-order valence-corrected chi connectivity index (χ4v) is 4.40. The van der Waals surface area contributed by atoms with Gasteiger partial charge in [0.05, 0.1) is 32.2 Å². The molecular weight excluding hydrogens is 410 g/mol. The summed E-state index contributed by atoms with van der Waals surface area (Å²) in [6.07, 6.45) is 1.62. The second-order valence-electron chi connectivity index (χ2n) is 7.06. The van der Waals surface area contributed by atoms with Crippen LogP contribution < -0.4 is 9.47 Å². The molecule has 158 valence electrons. The van der Waals surface area contributed by atoms with Crippen molar-refractivity contribution in [2.45, 2.75) is 18.7 Å². The van der Waals surface area contributed by atoms with Gasteiger partial charge in [-0.05, 0) is 35.4 Å². The van der Waals surface area contributed by atoms with Gasteiger partial charge in [-0.25, -0.2) is 0 Å². The Morgan fingerprint density at radius 2 is 1.87 bits per heavy atom. The molecule has 0 bridgehead atoms. The molecule has 0 aliphatic carbocycles. The molecule has 31 heavy (non-hydrogen) atoms. The highest BCUT2D eigenvalue weighted by Crippen LogP contribution is 2.30. The number of ether oxygens (including phenoxy) is 2. The molecule has 1 fully saturated rings. The highest BCUT2D eigenvalue weighted by atomic mass is 32.2. The van der Waals surface area contributed by atoms with Crippen LogP contribution in [0.3, 0.4) is 0 Å². The quantitative estimate of drug-likeness (QED) is 0.417. The van der Waals surface area contributed by atoms with E-state index in [9.17, 15) is 4.79 Å². The number of nitrogens with zero attached hydrogens (tertiary/aromatic N) is 3. The van der Waals surface area contributed by atoms with Crippen LogP contribution in [0.2, 0.25) is 0 Å². The summed E-state index contributed by atoms with van der Waals surface area (Å²) < 4.78 is 10.6. The predicted octanol–water partition coefficient (Wildman–Crippen LogP) is 4.71. The van der Waals surface area contributed by atoms with Gasteiger partial charge in [0.15, 0.2) is 5.17 Å². The van der Waals surface area contributed by atoms with Crippen LogP contribution in [0, 0.1) is 0 Å². The number of amides is 1. The molecule has 0 spiro atoms. The summed E-state index contributed by atoms with van der Waals surface area (Å²) in [6, 6.07) is 19.8. The normalized spacial score (nSPS) is 17.8. The summed E-state index contributed by atoms with van der Waals surface area (Å²) in [5, 5.41) is 11.3. The molecule has 0 N–H and O–H groups in total. The molecule has 1 saturated heterocycles. The summed E-state index contributed by atoms with van der Waals surface area (Å²) in [5.74, 6) is 1.38. The monoisotopic (exact) mass is 433 g/mol.